The number of aliphatic carboxylic acids is 1. The molecule has 0 saturated heterocycles. The van der Waals surface area contributed by atoms with Crippen LogP contribution in [0.2, 0.25) is 0 Å². The Labute approximate surface area is 535 Å². The molecule has 0 radical (unpaired) electrons. The van der Waals surface area contributed by atoms with E-state index < -0.39 is 57.5 Å². The highest BCUT2D eigenvalue weighted by atomic mass is 32.2. The smallest absolute Gasteiger partial charge is 0.415 e. The van der Waals surface area contributed by atoms with Gasteiger partial charge in [0.05, 0.1) is 86.1 Å². The third-order valence-corrected chi connectivity index (χ3v) is 17.9. The maximum atomic E-state index is 13.9. The number of benzene rings is 3. The third-order valence-electron chi connectivity index (χ3n) is 14.6. The second-order valence-corrected chi connectivity index (χ2v) is 26.6. The number of aliphatic imine (C=N–C) groups is 1. The Morgan fingerprint density at radius 2 is 1.52 bits per heavy atom. The fourth-order valence-corrected chi connectivity index (χ4v) is 11.8. The number of amides is 4. The summed E-state index contributed by atoms with van der Waals surface area (Å²) in [6, 6.07) is 9.53. The van der Waals surface area contributed by atoms with Gasteiger partial charge in [0.25, 0.3) is 0 Å². The van der Waals surface area contributed by atoms with Gasteiger partial charge in [0.1, 0.15) is 33.1 Å². The van der Waals surface area contributed by atoms with Gasteiger partial charge < -0.3 is 64.9 Å². The minimum atomic E-state index is -3.74. The van der Waals surface area contributed by atoms with E-state index in [9.17, 15) is 62.3 Å². The molecule has 3 heterocycles. The molecule has 0 fully saturated rings. The fraction of sp³-hybridized carbons (Fsp3) is 0.468. The molecule has 3 unspecified atom stereocenters. The van der Waals surface area contributed by atoms with Crippen LogP contribution < -0.4 is 30.1 Å². The number of hydrogen-bond donors (Lipinski definition) is 7. The van der Waals surface area contributed by atoms with Crippen LogP contribution in [0.3, 0.4) is 0 Å². The number of carboxylic acid groups (broad SMARTS) is 1. The van der Waals surface area contributed by atoms with Crippen LogP contribution in [0.4, 0.5) is 15.1 Å². The standard InChI is InChI=1S/C62H80FN9O16S3/c1-36(2)53-45(54(40-11-13-41(63)14-12-40)69-60(68-53)71(9)91(10,83)84)17-15-42(73)31-43(74)32-50(76)65-21-20-64-49(75)19-25-85-27-29-87-30-28-86-26-24-72(23-22-70(8)51(77)34-62(6,7)52-39(5)55(78)37(3)38(4)56(52)79)61(82)88-44-16-18-46-48(33-44)90-58(66-46)57-67-47(35-89-57)59(80)81/h11-18,33,36,42-43,47,73-74,78-79H,4-5,19-32,34-35H2,1-3,6-10H3,(H,64,75)(H,65,76)(H,80,81). The van der Waals surface area contributed by atoms with Crippen LogP contribution in [-0.4, -0.2) is 210 Å². The number of ether oxygens (including phenoxy) is 4. The Hall–Kier alpha value is -7.64. The number of hydrogen-bond acceptors (Lipinski definition) is 21. The third kappa shape index (κ3) is 20.7. The minimum absolute atomic E-state index is 0.0329. The first kappa shape index (κ1) is 72.4. The summed E-state index contributed by atoms with van der Waals surface area (Å²) in [7, 11) is -0.834. The first-order valence-corrected chi connectivity index (χ1v) is 32.8. The lowest BCUT2D eigenvalue weighted by Crippen LogP contribution is -2.43. The number of nitrogens with zero attached hydrogens (tertiary/aromatic N) is 7. The summed E-state index contributed by atoms with van der Waals surface area (Å²) in [4.78, 5) is 84.8. The Morgan fingerprint density at radius 3 is 2.15 bits per heavy atom. The number of carbonyl (C=O) groups is 5. The van der Waals surface area contributed by atoms with E-state index in [4.69, 9.17) is 18.9 Å². The molecule has 1 aliphatic rings. The lowest BCUT2D eigenvalue weighted by atomic mass is 9.78. The van der Waals surface area contributed by atoms with Crippen molar-refractivity contribution in [3.63, 3.8) is 0 Å². The van der Waals surface area contributed by atoms with Crippen molar-refractivity contribution in [2.45, 2.75) is 89.9 Å². The first-order valence-electron chi connectivity index (χ1n) is 29.2. The van der Waals surface area contributed by atoms with Crippen molar-refractivity contribution >= 4 is 103 Å². The zero-order chi connectivity index (χ0) is 66.9. The molecule has 0 bridgehead atoms. The van der Waals surface area contributed by atoms with E-state index in [-0.39, 0.29) is 149 Å². The van der Waals surface area contributed by atoms with Crippen molar-refractivity contribution in [2.75, 3.05) is 103 Å². The topological polar surface area (TPSA) is 342 Å². The van der Waals surface area contributed by atoms with Gasteiger partial charge in [-0.3, -0.25) is 19.4 Å². The highest BCUT2D eigenvalue weighted by Gasteiger charge is 2.32. The number of sulfonamides is 1. The average Bonchev–Trinajstić information content (AvgIpc) is 1.42. The summed E-state index contributed by atoms with van der Waals surface area (Å²) in [6.07, 6.45) is 0.180. The average molecular weight is 1320 g/mol. The number of rotatable bonds is 34. The number of phenols is 2. The van der Waals surface area contributed by atoms with E-state index in [0.717, 1.165) is 10.6 Å². The SMILES string of the molecule is C=c1c(C)c(O)c(=C)c(C(C)(C)CC(=O)N(C)CCN(CCOCCOCCOCCC(=O)NCCNC(=O)CC(O)CC(O)C=Cc2c(-c3ccc(F)cc3)nc(N(C)S(C)(=O)=O)nc2C(C)C)C(=O)Oc2ccc3nc(C4=NC(C(=O)O)CS4)sc3c2)c1O. The first-order chi connectivity index (χ1) is 42.9. The predicted molar refractivity (Wildman–Crippen MR) is 346 cm³/mol. The molecular formula is C62H80FN9O16S3. The monoisotopic (exact) mass is 1320 g/mol. The number of aromatic nitrogens is 3. The van der Waals surface area contributed by atoms with Gasteiger partial charge in [-0.1, -0.05) is 53.0 Å². The minimum Gasteiger partial charge on any atom is -0.507 e. The number of aliphatic hydroxyl groups is 2. The van der Waals surface area contributed by atoms with Crippen molar-refractivity contribution < 1.29 is 81.3 Å². The van der Waals surface area contributed by atoms with Crippen LogP contribution in [0.1, 0.15) is 86.7 Å². The number of nitrogens with one attached hydrogen (secondary N) is 2. The van der Waals surface area contributed by atoms with Crippen LogP contribution >= 0.6 is 23.1 Å². The van der Waals surface area contributed by atoms with E-state index in [0.29, 0.717) is 59.7 Å². The van der Waals surface area contributed by atoms with Gasteiger partial charge in [-0.15, -0.1) is 23.1 Å². The van der Waals surface area contributed by atoms with Gasteiger partial charge in [0.15, 0.2) is 6.04 Å². The van der Waals surface area contributed by atoms with Crippen molar-refractivity contribution in [1.29, 1.82) is 0 Å². The van der Waals surface area contributed by atoms with Gasteiger partial charge in [-0.25, -0.2) is 41.7 Å². The van der Waals surface area contributed by atoms with Crippen LogP contribution in [0.25, 0.3) is 40.7 Å². The number of thioether (sulfide) groups is 1. The highest BCUT2D eigenvalue weighted by molar-refractivity contribution is 8.15. The molecule has 4 amide bonds. The maximum absolute atomic E-state index is 13.9. The number of anilines is 1. The van der Waals surface area contributed by atoms with E-state index in [1.807, 2.05) is 13.8 Å². The Balaban J connectivity index is 0.891. The summed E-state index contributed by atoms with van der Waals surface area (Å²) < 4.78 is 63.0. The Bertz CT molecular complexity index is 3700. The number of thiazole rings is 1. The normalized spacial score (nSPS) is 14.2. The summed E-state index contributed by atoms with van der Waals surface area (Å²) in [6.45, 7) is 17.9. The van der Waals surface area contributed by atoms with Gasteiger partial charge in [0, 0.05) is 116 Å². The van der Waals surface area contributed by atoms with E-state index in [2.05, 4.69) is 43.7 Å². The lowest BCUT2D eigenvalue weighted by Gasteiger charge is -2.30. The van der Waals surface area contributed by atoms with Gasteiger partial charge in [-0.05, 0) is 49.2 Å². The fourth-order valence-electron chi connectivity index (χ4n) is 9.33. The summed E-state index contributed by atoms with van der Waals surface area (Å²) in [5, 5.41) is 59.4. The molecule has 1 aliphatic heterocycles. The number of likely N-dealkylation sites (N-methyl/N-ethyl adjacent to an activating group) is 1. The molecule has 3 atom stereocenters. The molecule has 7 N–H and O–H groups in total. The van der Waals surface area contributed by atoms with Crippen LogP contribution in [0.5, 0.6) is 17.2 Å². The van der Waals surface area contributed by atoms with E-state index >= 15 is 0 Å². The molecule has 0 saturated carbocycles. The Morgan fingerprint density at radius 1 is 0.868 bits per heavy atom. The quantitative estimate of drug-likeness (QED) is 0.0221. The molecule has 2 aromatic heterocycles. The molecule has 0 spiro atoms. The molecule has 29 heteroatoms. The van der Waals surface area contributed by atoms with Gasteiger partial charge >= 0.3 is 12.1 Å². The highest BCUT2D eigenvalue weighted by Crippen LogP contribution is 2.35. The second-order valence-electron chi connectivity index (χ2n) is 22.5. The predicted octanol–water partition coefficient (Wildman–Crippen LogP) is 4.41. The lowest BCUT2D eigenvalue weighted by molar-refractivity contribution is -0.138. The second kappa shape index (κ2) is 33.1. The summed E-state index contributed by atoms with van der Waals surface area (Å²) >= 11 is 2.59. The van der Waals surface area contributed by atoms with E-state index in [1.54, 1.807) is 52.1 Å². The molecule has 5 aromatic rings. The molecule has 6 rings (SSSR count). The van der Waals surface area contributed by atoms with Crippen molar-refractivity contribution in [2.24, 2.45) is 4.99 Å². The molecule has 494 valence electrons. The number of phenolic OH excluding ortho intramolecular Hbond substituents is 2. The van der Waals surface area contributed by atoms with Crippen LogP contribution in [0.15, 0.2) is 53.5 Å². The molecular weight excluding hydrogens is 1240 g/mol. The van der Waals surface area contributed by atoms with Gasteiger partial charge in [0.2, 0.25) is 33.7 Å². The van der Waals surface area contributed by atoms with Crippen LogP contribution in [-0.2, 0) is 48.8 Å². The van der Waals surface area contributed by atoms with Gasteiger partial charge in [-0.2, -0.15) is 0 Å². The molecule has 25 nitrogen and oxygen atoms in total. The Kier molecular flexibility index (Phi) is 26.3. The van der Waals surface area contributed by atoms with E-state index in [1.165, 1.54) is 70.3 Å². The molecule has 0 aliphatic carbocycles. The summed E-state index contributed by atoms with van der Waals surface area (Å²) in [5.74, 6) is -2.72. The van der Waals surface area contributed by atoms with Crippen molar-refractivity contribution in [3.05, 3.63) is 92.2 Å². The maximum Gasteiger partial charge on any atom is 0.415 e. The number of fused-ring (bicyclic) bond motifs is 1. The van der Waals surface area contributed by atoms with Crippen LogP contribution in [0, 0.1) is 12.7 Å². The number of aromatic hydroxyl groups is 2. The number of carboxylic acids is 1. The zero-order valence-corrected chi connectivity index (χ0v) is 54.6. The van der Waals surface area contributed by atoms with Crippen molar-refractivity contribution in [3.8, 4) is 28.5 Å². The number of halogens is 1. The zero-order valence-electron chi connectivity index (χ0n) is 52.2. The number of aliphatic hydroxyl groups excluding tert-OH is 2. The summed E-state index contributed by atoms with van der Waals surface area (Å²) in [5.41, 5.74) is 1.98. The largest absolute Gasteiger partial charge is 0.507 e. The molecule has 91 heavy (non-hydrogen) atoms. The van der Waals surface area contributed by atoms with Crippen molar-refractivity contribution in [1.82, 2.24) is 35.4 Å². The number of carbonyl (C=O) groups excluding carboxylic acids is 4. The molecule has 3 aromatic carbocycles.